The third kappa shape index (κ3) is 4.26. The normalized spacial score (nSPS) is 41.8. The quantitative estimate of drug-likeness (QED) is 0.232. The summed E-state index contributed by atoms with van der Waals surface area (Å²) in [6, 6.07) is 0. The van der Waals surface area contributed by atoms with Crippen molar-refractivity contribution in [2.24, 2.45) is 51.8 Å². The number of hydrogen-bond donors (Lipinski definition) is 0. The third-order valence-corrected chi connectivity index (χ3v) is 13.5. The summed E-state index contributed by atoms with van der Waals surface area (Å²) in [6.45, 7) is 12.2. The van der Waals surface area contributed by atoms with E-state index in [1.54, 1.807) is 0 Å². The lowest BCUT2D eigenvalue weighted by Gasteiger charge is -2.63. The fraction of sp³-hybridized carbons (Fsp3) is 0.900. The zero-order valence-corrected chi connectivity index (χ0v) is 24.4. The maximum atomic E-state index is 13.9. The Labute approximate surface area is 214 Å². The molecule has 4 nitrogen and oxygen atoms in total. The molecule has 0 bridgehead atoms. The predicted octanol–water partition coefficient (Wildman–Crippen LogP) is 8.66. The van der Waals surface area contributed by atoms with Crippen LogP contribution < -0.4 is 0 Å². The van der Waals surface area contributed by atoms with Gasteiger partial charge in [-0.05, 0) is 97.7 Å². The molecule has 0 aromatic heterocycles. The molecule has 0 aliphatic heterocycles. The molecular weight excluding hydrogens is 455 g/mol. The van der Waals surface area contributed by atoms with Gasteiger partial charge in [0.15, 0.2) is 0 Å². The highest BCUT2D eigenvalue weighted by Crippen LogP contribution is 2.73. The minimum Gasteiger partial charge on any atom is -0.307 e. The van der Waals surface area contributed by atoms with E-state index in [0.29, 0.717) is 17.3 Å². The van der Waals surface area contributed by atoms with Crippen molar-refractivity contribution in [1.29, 1.82) is 0 Å². The van der Waals surface area contributed by atoms with Crippen molar-refractivity contribution >= 4 is 13.1 Å². The van der Waals surface area contributed by atoms with E-state index in [1.807, 2.05) is 0 Å². The molecule has 200 valence electrons. The third-order valence-electron chi connectivity index (χ3n) is 11.7. The fourth-order valence-corrected chi connectivity index (χ4v) is 11.2. The Bertz CT molecular complexity index is 858. The lowest BCUT2D eigenvalue weighted by molar-refractivity contribution is -0.153. The first-order valence-corrected chi connectivity index (χ1v) is 16.0. The maximum absolute atomic E-state index is 13.9. The Morgan fingerprint density at radius 3 is 2.34 bits per heavy atom. The number of carbonyl (C=O) groups is 1. The molecule has 4 aliphatic carbocycles. The molecule has 3 fully saturated rings. The van der Waals surface area contributed by atoms with Crippen LogP contribution in [0.1, 0.15) is 105 Å². The zero-order valence-electron chi connectivity index (χ0n) is 23.5. The SMILES string of the molecule is COP(=O)(OC)C(=O)C12C=CCC[C@]1(C)C1CC[C@@]3(C)C(CC[C@@H]3[C@H](C)CCCC(C)C)C1CC2. The van der Waals surface area contributed by atoms with E-state index in [9.17, 15) is 9.36 Å². The molecule has 4 aliphatic rings. The predicted molar refractivity (Wildman–Crippen MR) is 143 cm³/mol. The van der Waals surface area contributed by atoms with Crippen LogP contribution in [0, 0.1) is 51.8 Å². The topological polar surface area (TPSA) is 52.6 Å². The zero-order chi connectivity index (χ0) is 25.6. The van der Waals surface area contributed by atoms with Gasteiger partial charge in [-0.25, -0.2) is 0 Å². The number of rotatable bonds is 9. The molecule has 0 saturated heterocycles. The van der Waals surface area contributed by atoms with Crippen LogP contribution in [0.4, 0.5) is 0 Å². The highest BCUT2D eigenvalue weighted by atomic mass is 31.2. The molecule has 0 aromatic rings. The second-order valence-electron chi connectivity index (χ2n) is 13.4. The standard InChI is InChI=1S/C30H51O4P/c1-21(2)11-10-12-22(3)24-13-14-25-23-15-20-30(27(31)35(32,33-6)34-7)18-9-8-17-29(30,5)26(23)16-19-28(24,25)4/h9,18,21-26H,8,10-17,19-20H2,1-7H3/t22-,23?,24-,25?,26?,28-,29-,30?/m1/s1. The van der Waals surface area contributed by atoms with Gasteiger partial charge in [-0.15, -0.1) is 0 Å². The van der Waals surface area contributed by atoms with E-state index in [4.69, 9.17) is 9.05 Å². The minimum absolute atomic E-state index is 0.184. The molecule has 4 rings (SSSR count). The van der Waals surface area contributed by atoms with E-state index in [0.717, 1.165) is 49.4 Å². The first kappa shape index (κ1) is 27.6. The molecular formula is C30H51O4P. The van der Waals surface area contributed by atoms with E-state index in [1.165, 1.54) is 59.2 Å². The molecule has 3 saturated carbocycles. The summed E-state index contributed by atoms with van der Waals surface area (Å²) in [5, 5.41) is 0. The second-order valence-corrected chi connectivity index (χ2v) is 15.6. The summed E-state index contributed by atoms with van der Waals surface area (Å²) in [4.78, 5) is 13.9. The van der Waals surface area contributed by atoms with Crippen molar-refractivity contribution in [3.63, 3.8) is 0 Å². The number of allylic oxidation sites excluding steroid dienone is 2. The van der Waals surface area contributed by atoms with Crippen molar-refractivity contribution in [3.8, 4) is 0 Å². The van der Waals surface area contributed by atoms with Crippen LogP contribution in [0.2, 0.25) is 0 Å². The van der Waals surface area contributed by atoms with Crippen molar-refractivity contribution in [2.45, 2.75) is 105 Å². The Hall–Kier alpha value is -0.440. The van der Waals surface area contributed by atoms with Gasteiger partial charge in [-0.1, -0.05) is 66.0 Å². The van der Waals surface area contributed by atoms with Gasteiger partial charge >= 0.3 is 7.60 Å². The van der Waals surface area contributed by atoms with E-state index in [2.05, 4.69) is 46.8 Å². The van der Waals surface area contributed by atoms with E-state index in [-0.39, 0.29) is 10.9 Å². The van der Waals surface area contributed by atoms with Gasteiger partial charge in [0.25, 0.3) is 5.52 Å². The van der Waals surface area contributed by atoms with Crippen LogP contribution in [-0.2, 0) is 18.4 Å². The van der Waals surface area contributed by atoms with Crippen LogP contribution >= 0.6 is 7.60 Å². The lowest BCUT2D eigenvalue weighted by atomic mass is 9.41. The van der Waals surface area contributed by atoms with Crippen LogP contribution in [-0.4, -0.2) is 19.7 Å². The van der Waals surface area contributed by atoms with Gasteiger partial charge in [-0.3, -0.25) is 9.36 Å². The van der Waals surface area contributed by atoms with Crippen molar-refractivity contribution in [2.75, 3.05) is 14.2 Å². The van der Waals surface area contributed by atoms with Gasteiger partial charge in [0, 0.05) is 14.2 Å². The van der Waals surface area contributed by atoms with Gasteiger partial charge in [0.05, 0.1) is 5.41 Å². The average Bonchev–Trinajstić information content (AvgIpc) is 3.19. The summed E-state index contributed by atoms with van der Waals surface area (Å²) in [6.07, 6.45) is 17.3. The maximum Gasteiger partial charge on any atom is 0.397 e. The van der Waals surface area contributed by atoms with Crippen LogP contribution in [0.15, 0.2) is 12.2 Å². The summed E-state index contributed by atoms with van der Waals surface area (Å²) >= 11 is 0. The van der Waals surface area contributed by atoms with Crippen LogP contribution in [0.3, 0.4) is 0 Å². The van der Waals surface area contributed by atoms with Gasteiger partial charge in [0.2, 0.25) is 0 Å². The first-order chi connectivity index (χ1) is 16.5. The van der Waals surface area contributed by atoms with Crippen molar-refractivity contribution in [3.05, 3.63) is 12.2 Å². The summed E-state index contributed by atoms with van der Waals surface area (Å²) in [5.74, 6) is 4.35. The molecule has 4 unspecified atom stereocenters. The van der Waals surface area contributed by atoms with Crippen LogP contribution in [0.25, 0.3) is 0 Å². The molecule has 8 atom stereocenters. The Morgan fingerprint density at radius 1 is 0.971 bits per heavy atom. The van der Waals surface area contributed by atoms with Crippen LogP contribution in [0.5, 0.6) is 0 Å². The molecule has 0 heterocycles. The Balaban J connectivity index is 1.59. The van der Waals surface area contributed by atoms with E-state index >= 15 is 0 Å². The molecule has 0 N–H and O–H groups in total. The second kappa shape index (κ2) is 10.0. The fourth-order valence-electron chi connectivity index (χ4n) is 9.77. The van der Waals surface area contributed by atoms with Crippen molar-refractivity contribution < 1.29 is 18.4 Å². The summed E-state index contributed by atoms with van der Waals surface area (Å²) in [5.41, 5.74) is -0.790. The van der Waals surface area contributed by atoms with Gasteiger partial charge < -0.3 is 9.05 Å². The summed E-state index contributed by atoms with van der Waals surface area (Å²) < 4.78 is 23.9. The molecule has 0 amide bonds. The number of fused-ring (bicyclic) bond motifs is 5. The summed E-state index contributed by atoms with van der Waals surface area (Å²) in [7, 11) is -1.10. The smallest absolute Gasteiger partial charge is 0.307 e. The Kier molecular flexibility index (Phi) is 7.91. The number of carbonyl (C=O) groups excluding carboxylic acids is 1. The average molecular weight is 507 g/mol. The Morgan fingerprint density at radius 2 is 1.69 bits per heavy atom. The van der Waals surface area contributed by atoms with Crippen molar-refractivity contribution in [1.82, 2.24) is 0 Å². The van der Waals surface area contributed by atoms with Gasteiger partial charge in [-0.2, -0.15) is 0 Å². The molecule has 0 radical (unpaired) electrons. The monoisotopic (exact) mass is 506 g/mol. The highest BCUT2D eigenvalue weighted by molar-refractivity contribution is 7.72. The van der Waals surface area contributed by atoms with E-state index < -0.39 is 13.0 Å². The molecule has 0 spiro atoms. The minimum atomic E-state index is -3.80. The first-order valence-electron chi connectivity index (χ1n) is 14.4. The molecule has 35 heavy (non-hydrogen) atoms. The number of hydrogen-bond acceptors (Lipinski definition) is 4. The highest BCUT2D eigenvalue weighted by Gasteiger charge is 2.67. The molecule has 0 aromatic carbocycles. The molecule has 5 heteroatoms. The largest absolute Gasteiger partial charge is 0.397 e. The lowest BCUT2D eigenvalue weighted by Crippen LogP contribution is -2.59. The van der Waals surface area contributed by atoms with Gasteiger partial charge in [0.1, 0.15) is 0 Å².